The molecule has 1 spiro atoms. The third-order valence-corrected chi connectivity index (χ3v) is 8.13. The van der Waals surface area contributed by atoms with Crippen LogP contribution in [-0.2, 0) is 15.1 Å². The highest BCUT2D eigenvalue weighted by atomic mass is 35.5. The van der Waals surface area contributed by atoms with Gasteiger partial charge in [0.05, 0.1) is 28.7 Å². The number of imide groups is 1. The Hall–Kier alpha value is -2.77. The molecule has 3 heterocycles. The first-order valence-corrected chi connectivity index (χ1v) is 11.7. The number of hydrogen-bond acceptors (Lipinski definition) is 6. The first kappa shape index (κ1) is 22.0. The zero-order valence-electron chi connectivity index (χ0n) is 16.9. The lowest BCUT2D eigenvalue weighted by Crippen LogP contribution is -2.49. The number of hydrogen-bond donors (Lipinski definition) is 2. The highest BCUT2D eigenvalue weighted by Crippen LogP contribution is 2.55. The lowest BCUT2D eigenvalue weighted by Gasteiger charge is -2.29. The molecule has 2 aromatic carbocycles. The maximum absolute atomic E-state index is 14.0. The second kappa shape index (κ2) is 7.64. The molecule has 33 heavy (non-hydrogen) atoms. The van der Waals surface area contributed by atoms with E-state index in [9.17, 15) is 24.8 Å². The standard InChI is InChI=1S/C22H16Cl2N4O4S/c23-14-5-15(24)7-16(6-14)28-19(31)22(13-3-1-12(8-25)2-4-13)10-21(11-27(22)20(28)32)26-17(9-33-21)18(29)30/h1-7,17,26H,9-11H2,(H,29,30)/t17-,21?,22-/m0/s1. The quantitative estimate of drug-likeness (QED) is 0.617. The molecule has 0 aliphatic carbocycles. The Morgan fingerprint density at radius 1 is 1.18 bits per heavy atom. The van der Waals surface area contributed by atoms with Crippen LogP contribution in [0.5, 0.6) is 0 Å². The average molecular weight is 503 g/mol. The van der Waals surface area contributed by atoms with Crippen LogP contribution in [0, 0.1) is 11.3 Å². The highest BCUT2D eigenvalue weighted by Gasteiger charge is 2.68. The lowest BCUT2D eigenvalue weighted by molar-refractivity contribution is -0.138. The molecule has 3 amide bonds. The molecule has 168 valence electrons. The van der Waals surface area contributed by atoms with Crippen LogP contribution < -0.4 is 10.2 Å². The fourth-order valence-corrected chi connectivity index (χ4v) is 6.82. The Morgan fingerprint density at radius 2 is 1.85 bits per heavy atom. The van der Waals surface area contributed by atoms with Gasteiger partial charge in [-0.25, -0.2) is 9.69 Å². The summed E-state index contributed by atoms with van der Waals surface area (Å²) < 4.78 is 0. The van der Waals surface area contributed by atoms with Crippen LogP contribution in [0.15, 0.2) is 42.5 Å². The first-order chi connectivity index (χ1) is 15.7. The number of carboxylic acids is 1. The number of benzene rings is 2. The van der Waals surface area contributed by atoms with Crippen LogP contribution in [0.3, 0.4) is 0 Å². The van der Waals surface area contributed by atoms with Gasteiger partial charge in [-0.15, -0.1) is 11.8 Å². The minimum Gasteiger partial charge on any atom is -0.480 e. The molecule has 0 saturated carbocycles. The van der Waals surface area contributed by atoms with E-state index in [1.54, 1.807) is 24.3 Å². The van der Waals surface area contributed by atoms with Gasteiger partial charge in [-0.05, 0) is 35.9 Å². The number of rotatable bonds is 3. The number of fused-ring (bicyclic) bond motifs is 1. The maximum atomic E-state index is 14.0. The fourth-order valence-electron chi connectivity index (χ4n) is 4.84. The smallest absolute Gasteiger partial charge is 0.332 e. The van der Waals surface area contributed by atoms with Crippen molar-refractivity contribution in [2.45, 2.75) is 22.9 Å². The van der Waals surface area contributed by atoms with Crippen molar-refractivity contribution in [1.82, 2.24) is 10.2 Å². The van der Waals surface area contributed by atoms with Gasteiger partial charge in [0.2, 0.25) is 0 Å². The Kier molecular flexibility index (Phi) is 5.10. The molecule has 3 fully saturated rings. The normalized spacial score (nSPS) is 28.5. The Balaban J connectivity index is 1.63. The van der Waals surface area contributed by atoms with Crippen LogP contribution >= 0.6 is 35.0 Å². The number of carbonyl (C=O) groups excluding carboxylic acids is 2. The molecule has 11 heteroatoms. The summed E-state index contributed by atoms with van der Waals surface area (Å²) in [7, 11) is 0. The van der Waals surface area contributed by atoms with E-state index in [1.807, 2.05) is 6.07 Å². The summed E-state index contributed by atoms with van der Waals surface area (Å²) in [6.45, 7) is 0.136. The van der Waals surface area contributed by atoms with Gasteiger partial charge in [-0.2, -0.15) is 5.26 Å². The minimum atomic E-state index is -1.37. The van der Waals surface area contributed by atoms with Crippen LogP contribution in [0.2, 0.25) is 10.0 Å². The number of thioether (sulfide) groups is 1. The molecule has 3 aliphatic heterocycles. The molecule has 8 nitrogen and oxygen atoms in total. The first-order valence-electron chi connectivity index (χ1n) is 9.96. The summed E-state index contributed by atoms with van der Waals surface area (Å²) in [5.74, 6) is -1.14. The number of aliphatic carboxylic acids is 1. The topological polar surface area (TPSA) is 114 Å². The number of urea groups is 1. The van der Waals surface area contributed by atoms with Gasteiger partial charge in [-0.3, -0.25) is 14.9 Å². The van der Waals surface area contributed by atoms with Crippen molar-refractivity contribution in [3.8, 4) is 6.07 Å². The number of halogens is 2. The van der Waals surface area contributed by atoms with Crippen molar-refractivity contribution in [3.05, 3.63) is 63.6 Å². The summed E-state index contributed by atoms with van der Waals surface area (Å²) in [5.41, 5.74) is -0.139. The zero-order chi connectivity index (χ0) is 23.5. The Bertz CT molecular complexity index is 1230. The van der Waals surface area contributed by atoms with Crippen LogP contribution in [0.1, 0.15) is 17.5 Å². The number of carbonyl (C=O) groups is 3. The number of amides is 3. The predicted octanol–water partition coefficient (Wildman–Crippen LogP) is 3.42. The summed E-state index contributed by atoms with van der Waals surface area (Å²) in [6, 6.07) is 11.8. The second-order valence-corrected chi connectivity index (χ2v) is 10.5. The molecule has 1 unspecified atom stereocenters. The lowest BCUT2D eigenvalue weighted by atomic mass is 9.85. The number of anilines is 1. The second-order valence-electron chi connectivity index (χ2n) is 8.20. The summed E-state index contributed by atoms with van der Waals surface area (Å²) in [6.07, 6.45) is 0.176. The van der Waals surface area contributed by atoms with Crippen molar-refractivity contribution in [3.63, 3.8) is 0 Å². The van der Waals surface area contributed by atoms with Gasteiger partial charge in [0.15, 0.2) is 5.54 Å². The van der Waals surface area contributed by atoms with Crippen LogP contribution in [0.25, 0.3) is 0 Å². The molecule has 3 atom stereocenters. The highest BCUT2D eigenvalue weighted by molar-refractivity contribution is 8.01. The van der Waals surface area contributed by atoms with Crippen molar-refractivity contribution < 1.29 is 19.5 Å². The number of nitriles is 1. The molecule has 5 rings (SSSR count). The minimum absolute atomic E-state index is 0.136. The van der Waals surface area contributed by atoms with E-state index in [4.69, 9.17) is 23.2 Å². The van der Waals surface area contributed by atoms with Gasteiger partial charge in [0, 0.05) is 22.2 Å². The monoisotopic (exact) mass is 502 g/mol. The summed E-state index contributed by atoms with van der Waals surface area (Å²) >= 11 is 13.7. The summed E-state index contributed by atoms with van der Waals surface area (Å²) in [4.78, 5) is 40.9. The van der Waals surface area contributed by atoms with E-state index in [1.165, 1.54) is 34.9 Å². The van der Waals surface area contributed by atoms with Gasteiger partial charge < -0.3 is 10.0 Å². The van der Waals surface area contributed by atoms with Gasteiger partial charge in [0.1, 0.15) is 6.04 Å². The van der Waals surface area contributed by atoms with Crippen molar-refractivity contribution in [2.24, 2.45) is 0 Å². The molecule has 2 aromatic rings. The molecule has 3 saturated heterocycles. The van der Waals surface area contributed by atoms with E-state index < -0.39 is 34.4 Å². The van der Waals surface area contributed by atoms with E-state index in [0.29, 0.717) is 16.9 Å². The molecule has 2 N–H and O–H groups in total. The zero-order valence-corrected chi connectivity index (χ0v) is 19.2. The van der Waals surface area contributed by atoms with Gasteiger partial charge in [-0.1, -0.05) is 35.3 Å². The van der Waals surface area contributed by atoms with Crippen LogP contribution in [0.4, 0.5) is 10.5 Å². The van der Waals surface area contributed by atoms with Crippen LogP contribution in [-0.4, -0.2) is 51.1 Å². The van der Waals surface area contributed by atoms with E-state index in [0.717, 1.165) is 4.90 Å². The third kappa shape index (κ3) is 3.28. The largest absolute Gasteiger partial charge is 0.480 e. The fraction of sp³-hybridized carbons (Fsp3) is 0.273. The molecule has 0 aromatic heterocycles. The molecule has 0 bridgehead atoms. The van der Waals surface area contributed by atoms with Crippen molar-refractivity contribution in [1.29, 1.82) is 5.26 Å². The molecular formula is C22H16Cl2N4O4S. The number of nitrogens with zero attached hydrogens (tertiary/aromatic N) is 3. The van der Waals surface area contributed by atoms with E-state index in [2.05, 4.69) is 5.32 Å². The van der Waals surface area contributed by atoms with Gasteiger partial charge >= 0.3 is 12.0 Å². The predicted molar refractivity (Wildman–Crippen MR) is 123 cm³/mol. The van der Waals surface area contributed by atoms with Crippen molar-refractivity contribution >= 4 is 58.6 Å². The number of nitrogens with one attached hydrogen (secondary N) is 1. The summed E-state index contributed by atoms with van der Waals surface area (Å²) in [5, 5.41) is 22.3. The third-order valence-electron chi connectivity index (χ3n) is 6.25. The number of carboxylic acid groups (broad SMARTS) is 1. The maximum Gasteiger partial charge on any atom is 0.332 e. The molecular weight excluding hydrogens is 487 g/mol. The van der Waals surface area contributed by atoms with Crippen molar-refractivity contribution in [2.75, 3.05) is 17.2 Å². The molecule has 0 radical (unpaired) electrons. The Morgan fingerprint density at radius 3 is 2.42 bits per heavy atom. The Labute approximate surface area is 203 Å². The van der Waals surface area contributed by atoms with E-state index >= 15 is 0 Å². The average Bonchev–Trinajstić information content (AvgIpc) is 3.40. The van der Waals surface area contributed by atoms with Gasteiger partial charge in [0.25, 0.3) is 5.91 Å². The SMILES string of the molecule is N#Cc1ccc([C@]23CC4(CN2C(=O)N(c2cc(Cl)cc(Cl)c2)C3=O)N[C@H](C(=O)O)CS4)cc1. The van der Waals surface area contributed by atoms with E-state index in [-0.39, 0.29) is 28.7 Å². The molecule has 3 aliphatic rings.